The van der Waals surface area contributed by atoms with Gasteiger partial charge in [0.25, 0.3) is 0 Å². The van der Waals surface area contributed by atoms with E-state index in [0.29, 0.717) is 13.1 Å². The van der Waals surface area contributed by atoms with E-state index in [9.17, 15) is 5.11 Å². The second-order valence-electron chi connectivity index (χ2n) is 7.08. The Labute approximate surface area is 167 Å². The third-order valence-corrected chi connectivity index (χ3v) is 4.68. The first-order chi connectivity index (χ1) is 12.3. The van der Waals surface area contributed by atoms with Crippen molar-refractivity contribution in [1.82, 2.24) is 0 Å². The quantitative estimate of drug-likeness (QED) is 0.159. The van der Waals surface area contributed by atoms with Crippen LogP contribution >= 0.6 is 12.4 Å². The van der Waals surface area contributed by atoms with Crippen LogP contribution in [-0.2, 0) is 6.67 Å². The summed E-state index contributed by atoms with van der Waals surface area (Å²) in [5, 5.41) is 11.7. The van der Waals surface area contributed by atoms with Gasteiger partial charge in [0, 0.05) is 12.1 Å². The summed E-state index contributed by atoms with van der Waals surface area (Å²) in [7, 11) is 0. The monoisotopic (exact) mass is 382 g/mol. The van der Waals surface area contributed by atoms with Gasteiger partial charge in [0.1, 0.15) is 0 Å². The number of aromatic nitrogens is 1. The van der Waals surface area contributed by atoms with Crippen LogP contribution in [0.5, 0.6) is 0 Å². The fourth-order valence-electron chi connectivity index (χ4n) is 3.06. The van der Waals surface area contributed by atoms with Gasteiger partial charge in [-0.05, 0) is 18.7 Å². The van der Waals surface area contributed by atoms with Crippen molar-refractivity contribution in [1.29, 1.82) is 0 Å². The molecule has 1 rings (SSSR count). The summed E-state index contributed by atoms with van der Waals surface area (Å²) in [4.78, 5) is 4.11. The lowest BCUT2D eigenvalue weighted by atomic mass is 10.0. The average molecular weight is 383 g/mol. The minimum atomic E-state index is 0. The average Bonchev–Trinajstić information content (AvgIpc) is 2.64. The Bertz CT molecular complexity index is 437. The number of halogens is 1. The topological polar surface area (TPSA) is 39.3 Å². The van der Waals surface area contributed by atoms with Gasteiger partial charge in [-0.2, -0.15) is 4.57 Å². The number of nitrogens with zero attached hydrogens (tertiary/aromatic N) is 2. The van der Waals surface area contributed by atoms with Crippen molar-refractivity contribution in [3.63, 3.8) is 0 Å². The van der Waals surface area contributed by atoms with Gasteiger partial charge >= 0.3 is 0 Å². The Morgan fingerprint density at radius 1 is 0.731 bits per heavy atom. The Hall–Kier alpha value is -1.09. The molecule has 1 aromatic rings. The molecule has 0 atom stereocenters. The van der Waals surface area contributed by atoms with Crippen LogP contribution in [0.25, 0.3) is 0 Å². The summed E-state index contributed by atoms with van der Waals surface area (Å²) in [6.45, 7) is 2.71. The molecule has 0 radical (unpaired) electrons. The molecule has 1 heterocycles. The molecule has 0 fully saturated rings. The zero-order valence-electron chi connectivity index (χ0n) is 16.7. The normalized spacial score (nSPS) is 11.3. The lowest BCUT2D eigenvalue weighted by molar-refractivity contribution is -0.695. The molecule has 0 unspecified atom stereocenters. The Morgan fingerprint density at radius 3 is 1.69 bits per heavy atom. The van der Waals surface area contributed by atoms with E-state index in [1.165, 1.54) is 70.6 Å². The van der Waals surface area contributed by atoms with Crippen LogP contribution in [0.4, 0.5) is 0 Å². The highest BCUT2D eigenvalue weighted by molar-refractivity contribution is 5.85. The fraction of sp³-hybridized carbons (Fsp3) is 0.727. The predicted molar refractivity (Wildman–Crippen MR) is 112 cm³/mol. The molecule has 0 aliphatic rings. The van der Waals surface area contributed by atoms with E-state index in [4.69, 9.17) is 0 Å². The molecule has 0 bridgehead atoms. The van der Waals surface area contributed by atoms with Crippen molar-refractivity contribution < 1.29 is 9.67 Å². The number of hydrogen-bond acceptors (Lipinski definition) is 2. The first kappa shape index (κ1) is 24.9. The molecule has 0 saturated heterocycles. The Kier molecular flexibility index (Phi) is 17.9. The van der Waals surface area contributed by atoms with Gasteiger partial charge in [-0.15, -0.1) is 12.4 Å². The van der Waals surface area contributed by atoms with E-state index >= 15 is 0 Å². The van der Waals surface area contributed by atoms with Crippen LogP contribution in [0.1, 0.15) is 96.8 Å². The summed E-state index contributed by atoms with van der Waals surface area (Å²) in [6, 6.07) is 5.87. The maximum absolute atomic E-state index is 11.7. The zero-order chi connectivity index (χ0) is 18.0. The van der Waals surface area contributed by atoms with Gasteiger partial charge < -0.3 is 5.11 Å². The van der Waals surface area contributed by atoms with E-state index in [1.54, 1.807) is 0 Å². The van der Waals surface area contributed by atoms with Gasteiger partial charge in [-0.1, -0.05) is 90.0 Å². The van der Waals surface area contributed by atoms with E-state index < -0.39 is 0 Å². The van der Waals surface area contributed by atoms with Crippen molar-refractivity contribution >= 4 is 18.3 Å². The maximum atomic E-state index is 11.7. The number of pyridine rings is 1. The van der Waals surface area contributed by atoms with E-state index in [0.717, 1.165) is 12.8 Å². The molecule has 1 aromatic heterocycles. The van der Waals surface area contributed by atoms with Crippen LogP contribution in [0.15, 0.2) is 35.6 Å². The van der Waals surface area contributed by atoms with Crippen molar-refractivity contribution in [2.24, 2.45) is 4.99 Å². The van der Waals surface area contributed by atoms with E-state index in [-0.39, 0.29) is 18.3 Å². The van der Waals surface area contributed by atoms with Crippen molar-refractivity contribution in [2.75, 3.05) is 0 Å². The molecule has 0 amide bonds. The summed E-state index contributed by atoms with van der Waals surface area (Å²) < 4.78 is 1.92. The molecular formula is C22H39ClN2O. The fourth-order valence-corrected chi connectivity index (χ4v) is 3.06. The number of aliphatic imine (C=N–C) groups is 1. The van der Waals surface area contributed by atoms with E-state index in [1.807, 2.05) is 35.2 Å². The van der Waals surface area contributed by atoms with Gasteiger partial charge in [-0.3, -0.25) is 0 Å². The number of unbranched alkanes of at least 4 members (excludes halogenated alkanes) is 12. The van der Waals surface area contributed by atoms with Gasteiger partial charge in [0.2, 0.25) is 6.67 Å². The zero-order valence-corrected chi connectivity index (χ0v) is 17.5. The second-order valence-corrected chi connectivity index (χ2v) is 7.08. The van der Waals surface area contributed by atoms with Crippen molar-refractivity contribution in [2.45, 2.75) is 103 Å². The highest BCUT2D eigenvalue weighted by Crippen LogP contribution is 2.12. The highest BCUT2D eigenvalue weighted by atomic mass is 35.5. The van der Waals surface area contributed by atoms with Gasteiger partial charge in [0.15, 0.2) is 12.4 Å². The maximum Gasteiger partial charge on any atom is 0.239 e. The molecule has 150 valence electrons. The van der Waals surface area contributed by atoms with Crippen LogP contribution in [0.3, 0.4) is 0 Å². The largest absolute Gasteiger partial charge is 0.862 e. The Morgan fingerprint density at radius 2 is 1.19 bits per heavy atom. The molecule has 0 aliphatic heterocycles. The first-order valence-corrected chi connectivity index (χ1v) is 10.5. The van der Waals surface area contributed by atoms with Crippen LogP contribution in [0.2, 0.25) is 0 Å². The minimum absolute atomic E-state index is 0. The Balaban J connectivity index is 0.00000625. The SMILES string of the molecule is CCCCCCCCCCCCCCCC([O-])=NC[n+]1ccccc1.Cl. The molecule has 0 spiro atoms. The molecular weight excluding hydrogens is 344 g/mol. The molecule has 0 N–H and O–H groups in total. The second kappa shape index (κ2) is 18.7. The van der Waals surface area contributed by atoms with Crippen molar-refractivity contribution in [3.8, 4) is 0 Å². The molecule has 4 heteroatoms. The summed E-state index contributed by atoms with van der Waals surface area (Å²) >= 11 is 0. The van der Waals surface area contributed by atoms with Gasteiger partial charge in [-0.25, -0.2) is 4.99 Å². The molecule has 3 nitrogen and oxygen atoms in total. The molecule has 0 aliphatic carbocycles. The van der Waals surface area contributed by atoms with Crippen LogP contribution < -0.4 is 9.67 Å². The van der Waals surface area contributed by atoms with Crippen LogP contribution in [0, 0.1) is 0 Å². The summed E-state index contributed by atoms with van der Waals surface area (Å²) in [5.74, 6) is 0.0411. The molecule has 0 saturated carbocycles. The standard InChI is InChI=1S/C22H38N2O.ClH/c1-2-3-4-5-6-7-8-9-10-11-12-13-15-18-22(25)23-21-24-19-16-14-17-20-24;/h14,16-17,19-20H,2-13,15,18,21H2,1H3;1H. The molecule has 26 heavy (non-hydrogen) atoms. The van der Waals surface area contributed by atoms with E-state index in [2.05, 4.69) is 11.9 Å². The highest BCUT2D eigenvalue weighted by Gasteiger charge is 1.96. The summed E-state index contributed by atoms with van der Waals surface area (Å²) in [5.41, 5.74) is 0. The smallest absolute Gasteiger partial charge is 0.239 e. The third kappa shape index (κ3) is 15.2. The van der Waals surface area contributed by atoms with Crippen molar-refractivity contribution in [3.05, 3.63) is 30.6 Å². The lowest BCUT2D eigenvalue weighted by Crippen LogP contribution is -2.33. The molecule has 0 aromatic carbocycles. The van der Waals surface area contributed by atoms with Gasteiger partial charge in [0.05, 0.1) is 0 Å². The minimum Gasteiger partial charge on any atom is -0.862 e. The third-order valence-electron chi connectivity index (χ3n) is 4.68. The lowest BCUT2D eigenvalue weighted by Gasteiger charge is -2.09. The van der Waals surface area contributed by atoms with Crippen LogP contribution in [-0.4, -0.2) is 5.90 Å². The number of hydrogen-bond donors (Lipinski definition) is 0. The number of rotatable bonds is 16. The predicted octanol–water partition coefficient (Wildman–Crippen LogP) is 5.59. The first-order valence-electron chi connectivity index (χ1n) is 10.5. The summed E-state index contributed by atoms with van der Waals surface area (Å²) in [6.07, 6.45) is 21.8.